The van der Waals surface area contributed by atoms with Crippen molar-refractivity contribution in [2.75, 3.05) is 0 Å². The van der Waals surface area contributed by atoms with Gasteiger partial charge in [-0.1, -0.05) is 42.8 Å². The minimum absolute atomic E-state index is 0.0471. The highest BCUT2D eigenvalue weighted by atomic mass is 32.2. The molecule has 4 rings (SSSR count). The molecule has 0 saturated heterocycles. The standard InChI is InChI=1S/C21H25N3O2S/c1-13(20(25)22-14-6-2-3-7-14)27-19-12-17(21(26)23-15-10-11-15)16-8-4-5-9-18(16)24-19/h4-5,8-9,12-15H,2-3,6-7,10-11H2,1H3,(H,22,25)(H,23,26)/t13-/m0/s1. The molecule has 0 aliphatic heterocycles. The number of hydrogen-bond donors (Lipinski definition) is 2. The van der Waals surface area contributed by atoms with Gasteiger partial charge in [0.2, 0.25) is 5.91 Å². The molecule has 2 aliphatic rings. The largest absolute Gasteiger partial charge is 0.352 e. The molecule has 1 aromatic carbocycles. The summed E-state index contributed by atoms with van der Waals surface area (Å²) < 4.78 is 0. The Balaban J connectivity index is 1.53. The summed E-state index contributed by atoms with van der Waals surface area (Å²) in [5, 5.41) is 7.51. The van der Waals surface area contributed by atoms with Crippen molar-refractivity contribution >= 4 is 34.5 Å². The van der Waals surface area contributed by atoms with Crippen molar-refractivity contribution in [2.45, 2.75) is 67.8 Å². The molecule has 2 amide bonds. The molecule has 0 spiro atoms. The van der Waals surface area contributed by atoms with Crippen LogP contribution >= 0.6 is 11.8 Å². The number of rotatable bonds is 6. The van der Waals surface area contributed by atoms with Crippen molar-refractivity contribution < 1.29 is 9.59 Å². The van der Waals surface area contributed by atoms with Gasteiger partial charge in [0.05, 0.1) is 21.4 Å². The fraction of sp³-hybridized carbons (Fsp3) is 0.476. The molecule has 2 N–H and O–H groups in total. The number of nitrogens with one attached hydrogen (secondary N) is 2. The summed E-state index contributed by atoms with van der Waals surface area (Å²) in [5.74, 6) is -0.00755. The van der Waals surface area contributed by atoms with E-state index in [2.05, 4.69) is 15.6 Å². The summed E-state index contributed by atoms with van der Waals surface area (Å²) in [7, 11) is 0. The van der Waals surface area contributed by atoms with Crippen LogP contribution in [0, 0.1) is 0 Å². The molecule has 2 aliphatic carbocycles. The maximum absolute atomic E-state index is 12.7. The third-order valence-corrected chi connectivity index (χ3v) is 6.24. The Bertz CT molecular complexity index is 860. The van der Waals surface area contributed by atoms with Crippen molar-refractivity contribution in [3.8, 4) is 0 Å². The van der Waals surface area contributed by atoms with Crippen LogP contribution in [0.3, 0.4) is 0 Å². The number of benzene rings is 1. The second-order valence-electron chi connectivity index (χ2n) is 7.52. The number of nitrogens with zero attached hydrogens (tertiary/aromatic N) is 1. The summed E-state index contributed by atoms with van der Waals surface area (Å²) in [6.07, 6.45) is 6.63. The van der Waals surface area contributed by atoms with Crippen molar-refractivity contribution in [3.63, 3.8) is 0 Å². The number of carbonyl (C=O) groups excluding carboxylic acids is 2. The van der Waals surface area contributed by atoms with Crippen LogP contribution in [0.15, 0.2) is 35.4 Å². The van der Waals surface area contributed by atoms with Gasteiger partial charge < -0.3 is 10.6 Å². The molecular formula is C21H25N3O2S. The maximum atomic E-state index is 12.7. The van der Waals surface area contributed by atoms with E-state index in [0.29, 0.717) is 22.7 Å². The Morgan fingerprint density at radius 1 is 1.07 bits per heavy atom. The maximum Gasteiger partial charge on any atom is 0.252 e. The van der Waals surface area contributed by atoms with E-state index >= 15 is 0 Å². The van der Waals surface area contributed by atoms with Crippen LogP contribution in [0.5, 0.6) is 0 Å². The predicted molar refractivity (Wildman–Crippen MR) is 108 cm³/mol. The van der Waals surface area contributed by atoms with Crippen LogP contribution in [-0.2, 0) is 4.79 Å². The van der Waals surface area contributed by atoms with Gasteiger partial charge in [0.1, 0.15) is 0 Å². The van der Waals surface area contributed by atoms with Crippen molar-refractivity contribution in [1.29, 1.82) is 0 Å². The van der Waals surface area contributed by atoms with Gasteiger partial charge in [0.25, 0.3) is 5.91 Å². The third kappa shape index (κ3) is 4.43. The van der Waals surface area contributed by atoms with Gasteiger partial charge in [0, 0.05) is 17.5 Å². The molecule has 0 bridgehead atoms. The average Bonchev–Trinajstić information content (AvgIpc) is 3.33. The van der Waals surface area contributed by atoms with Gasteiger partial charge in [0.15, 0.2) is 0 Å². The van der Waals surface area contributed by atoms with Crippen LogP contribution in [0.1, 0.15) is 55.8 Å². The SMILES string of the molecule is C[C@H](Sc1cc(C(=O)NC2CC2)c2ccccc2n1)C(=O)NC1CCCC1. The molecule has 1 heterocycles. The lowest BCUT2D eigenvalue weighted by molar-refractivity contribution is -0.120. The average molecular weight is 384 g/mol. The van der Waals surface area contributed by atoms with Crippen LogP contribution in [0.2, 0.25) is 0 Å². The summed E-state index contributed by atoms with van der Waals surface area (Å²) in [6, 6.07) is 10.1. The number of thioether (sulfide) groups is 1. The van der Waals surface area contributed by atoms with Gasteiger partial charge in [-0.25, -0.2) is 4.98 Å². The number of amides is 2. The monoisotopic (exact) mass is 383 g/mol. The lowest BCUT2D eigenvalue weighted by atomic mass is 10.1. The van der Waals surface area contributed by atoms with Gasteiger partial charge >= 0.3 is 0 Å². The Kier molecular flexibility index (Phi) is 5.34. The first-order valence-electron chi connectivity index (χ1n) is 9.78. The fourth-order valence-corrected chi connectivity index (χ4v) is 4.39. The lowest BCUT2D eigenvalue weighted by Gasteiger charge is -2.17. The first kappa shape index (κ1) is 18.3. The Morgan fingerprint density at radius 3 is 2.52 bits per heavy atom. The molecule has 0 unspecified atom stereocenters. The van der Waals surface area contributed by atoms with Gasteiger partial charge in [-0.2, -0.15) is 0 Å². The quantitative estimate of drug-likeness (QED) is 0.747. The molecule has 2 fully saturated rings. The molecule has 27 heavy (non-hydrogen) atoms. The van der Waals surface area contributed by atoms with E-state index in [-0.39, 0.29) is 17.1 Å². The third-order valence-electron chi connectivity index (χ3n) is 5.22. The zero-order valence-electron chi connectivity index (χ0n) is 15.5. The summed E-state index contributed by atoms with van der Waals surface area (Å²) in [4.78, 5) is 29.9. The second kappa shape index (κ2) is 7.89. The van der Waals surface area contributed by atoms with E-state index in [1.54, 1.807) is 0 Å². The minimum atomic E-state index is -0.251. The number of hydrogen-bond acceptors (Lipinski definition) is 4. The summed E-state index contributed by atoms with van der Waals surface area (Å²) in [6.45, 7) is 1.90. The topological polar surface area (TPSA) is 71.1 Å². The zero-order valence-corrected chi connectivity index (χ0v) is 16.3. The van der Waals surface area contributed by atoms with E-state index in [9.17, 15) is 9.59 Å². The van der Waals surface area contributed by atoms with Crippen LogP contribution < -0.4 is 10.6 Å². The van der Waals surface area contributed by atoms with Gasteiger partial charge in [-0.3, -0.25) is 9.59 Å². The summed E-state index contributed by atoms with van der Waals surface area (Å²) >= 11 is 1.41. The van der Waals surface area contributed by atoms with Crippen LogP contribution in [0.4, 0.5) is 0 Å². The highest BCUT2D eigenvalue weighted by molar-refractivity contribution is 8.00. The molecule has 142 valence electrons. The number of pyridine rings is 1. The molecule has 2 aromatic rings. The first-order valence-corrected chi connectivity index (χ1v) is 10.7. The number of fused-ring (bicyclic) bond motifs is 1. The molecule has 6 heteroatoms. The smallest absolute Gasteiger partial charge is 0.252 e. The second-order valence-corrected chi connectivity index (χ2v) is 8.88. The zero-order chi connectivity index (χ0) is 18.8. The Labute approximate surface area is 163 Å². The highest BCUT2D eigenvalue weighted by Crippen LogP contribution is 2.28. The highest BCUT2D eigenvalue weighted by Gasteiger charge is 2.26. The fourth-order valence-electron chi connectivity index (χ4n) is 3.51. The van der Waals surface area contributed by atoms with E-state index in [1.807, 2.05) is 37.3 Å². The molecule has 1 aromatic heterocycles. The molecule has 2 saturated carbocycles. The van der Waals surface area contributed by atoms with E-state index in [0.717, 1.165) is 36.6 Å². The van der Waals surface area contributed by atoms with Crippen molar-refractivity contribution in [1.82, 2.24) is 15.6 Å². The Morgan fingerprint density at radius 2 is 1.78 bits per heavy atom. The van der Waals surface area contributed by atoms with E-state index < -0.39 is 0 Å². The van der Waals surface area contributed by atoms with Crippen molar-refractivity contribution in [3.05, 3.63) is 35.9 Å². The van der Waals surface area contributed by atoms with Crippen LogP contribution in [0.25, 0.3) is 10.9 Å². The van der Waals surface area contributed by atoms with E-state index in [1.165, 1.54) is 24.6 Å². The van der Waals surface area contributed by atoms with Gasteiger partial charge in [-0.05, 0) is 44.7 Å². The van der Waals surface area contributed by atoms with Crippen LogP contribution in [-0.4, -0.2) is 34.1 Å². The minimum Gasteiger partial charge on any atom is -0.352 e. The predicted octanol–water partition coefficient (Wildman–Crippen LogP) is 3.67. The molecule has 0 radical (unpaired) electrons. The molecule has 5 nitrogen and oxygen atoms in total. The normalized spacial score (nSPS) is 18.4. The molecular weight excluding hydrogens is 358 g/mol. The number of carbonyl (C=O) groups is 2. The summed E-state index contributed by atoms with van der Waals surface area (Å²) in [5.41, 5.74) is 1.42. The number of aromatic nitrogens is 1. The Hall–Kier alpha value is -2.08. The lowest BCUT2D eigenvalue weighted by Crippen LogP contribution is -2.37. The number of para-hydroxylation sites is 1. The first-order chi connectivity index (χ1) is 13.1. The van der Waals surface area contributed by atoms with Gasteiger partial charge in [-0.15, -0.1) is 0 Å². The van der Waals surface area contributed by atoms with Crippen molar-refractivity contribution in [2.24, 2.45) is 0 Å². The van der Waals surface area contributed by atoms with E-state index in [4.69, 9.17) is 0 Å². The molecule has 1 atom stereocenters.